The lowest BCUT2D eigenvalue weighted by molar-refractivity contribution is -0.144. The van der Waals surface area contributed by atoms with Crippen LogP contribution in [0.25, 0.3) is 0 Å². The molecule has 3 saturated carbocycles. The molecule has 28 heavy (non-hydrogen) atoms. The van der Waals surface area contributed by atoms with E-state index in [4.69, 9.17) is 11.6 Å². The van der Waals surface area contributed by atoms with Gasteiger partial charge >= 0.3 is 0 Å². The second-order valence-electron chi connectivity index (χ2n) is 9.83. The predicted octanol–water partition coefficient (Wildman–Crippen LogP) is 3.20. The van der Waals surface area contributed by atoms with Crippen molar-refractivity contribution in [2.24, 2.45) is 40.4 Å². The molecule has 0 amide bonds. The SMILES string of the molecule is C[C@@H]1CC2C3C[C@H](F)C4=CC(=O)C(Cl)=C[C@]4(C)C3[C@@H](O)C[C@]2(C)[C@H]1C(=O)CO. The highest BCUT2D eigenvalue weighted by atomic mass is 35.5. The number of carbonyl (C=O) groups is 2. The van der Waals surface area contributed by atoms with Crippen molar-refractivity contribution < 1.29 is 24.2 Å². The van der Waals surface area contributed by atoms with Crippen LogP contribution in [0.2, 0.25) is 0 Å². The molecule has 6 heteroatoms. The number of Topliss-reactive ketones (excluding diaryl/α,β-unsaturated/α-hetero) is 1. The second kappa shape index (κ2) is 6.48. The largest absolute Gasteiger partial charge is 0.393 e. The van der Waals surface area contributed by atoms with Crippen LogP contribution in [0.1, 0.15) is 40.0 Å². The van der Waals surface area contributed by atoms with Crippen molar-refractivity contribution in [3.8, 4) is 0 Å². The highest BCUT2D eigenvalue weighted by Gasteiger charge is 2.65. The maximum Gasteiger partial charge on any atom is 0.196 e. The van der Waals surface area contributed by atoms with Crippen LogP contribution < -0.4 is 0 Å². The highest BCUT2D eigenvalue weighted by molar-refractivity contribution is 6.44. The number of allylic oxidation sites excluding steroid dienone is 4. The molecule has 0 aliphatic heterocycles. The van der Waals surface area contributed by atoms with E-state index in [9.17, 15) is 19.8 Å². The lowest BCUT2D eigenvalue weighted by Crippen LogP contribution is -2.58. The fourth-order valence-corrected chi connectivity index (χ4v) is 7.83. The standard InChI is InChI=1S/C22H28ClFO4/c1-10-4-12-11-5-15(24)13-6-16(26)14(23)7-21(13,2)20(11)17(27)8-22(12,3)19(10)18(28)9-25/h6-7,10-12,15,17,19-20,25,27H,4-5,8-9H2,1-3H3/t10-,11?,12?,15+,17+,19-,20?,21+,22+/m1/s1. The van der Waals surface area contributed by atoms with E-state index >= 15 is 4.39 Å². The number of aliphatic hydroxyl groups is 2. The molecule has 0 bridgehead atoms. The van der Waals surface area contributed by atoms with Gasteiger partial charge in [-0.3, -0.25) is 9.59 Å². The van der Waals surface area contributed by atoms with Gasteiger partial charge in [-0.2, -0.15) is 0 Å². The molecule has 4 nitrogen and oxygen atoms in total. The number of hydrogen-bond donors (Lipinski definition) is 2. The molecule has 0 heterocycles. The Hall–Kier alpha value is -1.04. The van der Waals surface area contributed by atoms with Crippen LogP contribution in [0.15, 0.2) is 22.8 Å². The van der Waals surface area contributed by atoms with E-state index < -0.39 is 29.7 Å². The molecule has 0 radical (unpaired) electrons. The van der Waals surface area contributed by atoms with Crippen molar-refractivity contribution in [3.05, 3.63) is 22.8 Å². The van der Waals surface area contributed by atoms with Crippen molar-refractivity contribution in [1.82, 2.24) is 0 Å². The first kappa shape index (κ1) is 20.2. The molecule has 4 rings (SSSR count). The zero-order valence-corrected chi connectivity index (χ0v) is 17.2. The fraction of sp³-hybridized carbons (Fsp3) is 0.727. The fourth-order valence-electron chi connectivity index (χ4n) is 7.55. The number of alkyl halides is 1. The summed E-state index contributed by atoms with van der Waals surface area (Å²) in [5.74, 6) is -1.09. The predicted molar refractivity (Wildman–Crippen MR) is 103 cm³/mol. The molecular formula is C22H28ClFO4. The number of carbonyl (C=O) groups excluding carboxylic acids is 2. The Labute approximate surface area is 169 Å². The zero-order chi connectivity index (χ0) is 20.6. The third-order valence-electron chi connectivity index (χ3n) is 8.38. The third-order valence-corrected chi connectivity index (χ3v) is 8.67. The van der Waals surface area contributed by atoms with Gasteiger partial charge < -0.3 is 10.2 Å². The normalized spacial score (nSPS) is 50.2. The van der Waals surface area contributed by atoms with Crippen molar-refractivity contribution in [3.63, 3.8) is 0 Å². The minimum absolute atomic E-state index is 0.0766. The molecule has 4 aliphatic rings. The van der Waals surface area contributed by atoms with Gasteiger partial charge in [0.2, 0.25) is 0 Å². The van der Waals surface area contributed by atoms with Crippen LogP contribution in [0.4, 0.5) is 4.39 Å². The minimum Gasteiger partial charge on any atom is -0.393 e. The third kappa shape index (κ3) is 2.55. The van der Waals surface area contributed by atoms with E-state index in [1.54, 1.807) is 6.08 Å². The van der Waals surface area contributed by atoms with E-state index in [1.165, 1.54) is 6.08 Å². The lowest BCUT2D eigenvalue weighted by Gasteiger charge is -2.59. The molecule has 0 saturated heterocycles. The second-order valence-corrected chi connectivity index (χ2v) is 10.2. The van der Waals surface area contributed by atoms with E-state index in [0.29, 0.717) is 12.0 Å². The van der Waals surface area contributed by atoms with Crippen LogP contribution >= 0.6 is 11.6 Å². The summed E-state index contributed by atoms with van der Waals surface area (Å²) in [7, 11) is 0. The maximum atomic E-state index is 15.3. The minimum atomic E-state index is -1.27. The van der Waals surface area contributed by atoms with Gasteiger partial charge in [-0.15, -0.1) is 0 Å². The molecule has 9 atom stereocenters. The van der Waals surface area contributed by atoms with Gasteiger partial charge in [0.15, 0.2) is 11.6 Å². The molecule has 0 aromatic carbocycles. The number of rotatable bonds is 2. The molecule has 0 aromatic heterocycles. The van der Waals surface area contributed by atoms with Gasteiger partial charge in [0.05, 0.1) is 11.1 Å². The highest BCUT2D eigenvalue weighted by Crippen LogP contribution is 2.67. The smallest absolute Gasteiger partial charge is 0.196 e. The topological polar surface area (TPSA) is 74.6 Å². The van der Waals surface area contributed by atoms with E-state index in [0.717, 1.165) is 6.42 Å². The van der Waals surface area contributed by atoms with Crippen molar-refractivity contribution >= 4 is 23.2 Å². The number of fused-ring (bicyclic) bond motifs is 5. The van der Waals surface area contributed by atoms with E-state index in [-0.39, 0.29) is 52.6 Å². The Bertz CT molecular complexity index is 791. The molecule has 154 valence electrons. The summed E-state index contributed by atoms with van der Waals surface area (Å²) in [6.45, 7) is 5.41. The Morgan fingerprint density at radius 3 is 2.68 bits per heavy atom. The first-order chi connectivity index (χ1) is 13.0. The van der Waals surface area contributed by atoms with Gasteiger partial charge in [0.25, 0.3) is 0 Å². The average molecular weight is 411 g/mol. The Morgan fingerprint density at radius 1 is 1.36 bits per heavy atom. The summed E-state index contributed by atoms with van der Waals surface area (Å²) >= 11 is 6.14. The molecule has 3 unspecified atom stereocenters. The van der Waals surface area contributed by atoms with Crippen molar-refractivity contribution in [2.75, 3.05) is 6.61 Å². The Kier molecular flexibility index (Phi) is 4.68. The van der Waals surface area contributed by atoms with Crippen molar-refractivity contribution in [2.45, 2.75) is 52.3 Å². The van der Waals surface area contributed by atoms with Crippen molar-refractivity contribution in [1.29, 1.82) is 0 Å². The summed E-state index contributed by atoms with van der Waals surface area (Å²) < 4.78 is 15.3. The summed E-state index contributed by atoms with van der Waals surface area (Å²) in [6, 6.07) is 0. The molecule has 4 aliphatic carbocycles. The summed E-state index contributed by atoms with van der Waals surface area (Å²) in [4.78, 5) is 24.5. The average Bonchev–Trinajstić information content (AvgIpc) is 2.86. The Balaban J connectivity index is 1.79. The van der Waals surface area contributed by atoms with Gasteiger partial charge in [-0.1, -0.05) is 38.4 Å². The van der Waals surface area contributed by atoms with Gasteiger partial charge in [-0.25, -0.2) is 4.39 Å². The van der Waals surface area contributed by atoms with Crippen LogP contribution in [0, 0.1) is 40.4 Å². The summed E-state index contributed by atoms with van der Waals surface area (Å²) in [5.41, 5.74) is -0.856. The van der Waals surface area contributed by atoms with E-state index in [1.807, 2.05) is 20.8 Å². The first-order valence-electron chi connectivity index (χ1n) is 10.1. The van der Waals surface area contributed by atoms with Crippen LogP contribution in [0.3, 0.4) is 0 Å². The maximum absolute atomic E-state index is 15.3. The quantitative estimate of drug-likeness (QED) is 0.733. The number of aliphatic hydroxyl groups excluding tert-OH is 2. The lowest BCUT2D eigenvalue weighted by atomic mass is 9.46. The summed E-state index contributed by atoms with van der Waals surface area (Å²) in [6.07, 6.45) is 2.40. The Morgan fingerprint density at radius 2 is 2.04 bits per heavy atom. The van der Waals surface area contributed by atoms with Crippen LogP contribution in [-0.4, -0.2) is 40.7 Å². The van der Waals surface area contributed by atoms with Gasteiger partial charge in [0, 0.05) is 17.3 Å². The van der Waals surface area contributed by atoms with Crippen LogP contribution in [-0.2, 0) is 9.59 Å². The molecule has 3 fully saturated rings. The van der Waals surface area contributed by atoms with Gasteiger partial charge in [0.1, 0.15) is 12.8 Å². The van der Waals surface area contributed by atoms with E-state index in [2.05, 4.69) is 0 Å². The first-order valence-corrected chi connectivity index (χ1v) is 10.5. The molecule has 0 aromatic rings. The number of halogens is 2. The number of hydrogen-bond acceptors (Lipinski definition) is 4. The molecule has 0 spiro atoms. The van der Waals surface area contributed by atoms with Gasteiger partial charge in [-0.05, 0) is 54.1 Å². The summed E-state index contributed by atoms with van der Waals surface area (Å²) in [5, 5.41) is 20.8. The number of ketones is 2. The molecule has 2 N–H and O–H groups in total. The molecular weight excluding hydrogens is 383 g/mol. The monoisotopic (exact) mass is 410 g/mol. The zero-order valence-electron chi connectivity index (χ0n) is 16.5. The van der Waals surface area contributed by atoms with Crippen LogP contribution in [0.5, 0.6) is 0 Å².